The minimum Gasteiger partial charge on any atom is -0.351 e. The smallest absolute Gasteiger partial charge is 0.252 e. The van der Waals surface area contributed by atoms with Gasteiger partial charge in [0.15, 0.2) is 0 Å². The summed E-state index contributed by atoms with van der Waals surface area (Å²) in [7, 11) is 0. The van der Waals surface area contributed by atoms with E-state index in [1.165, 1.54) is 0 Å². The summed E-state index contributed by atoms with van der Waals surface area (Å²) in [5.41, 5.74) is 0.640. The Morgan fingerprint density at radius 2 is 2.31 bits per heavy atom. The van der Waals surface area contributed by atoms with Crippen LogP contribution < -0.4 is 5.32 Å². The van der Waals surface area contributed by atoms with E-state index in [4.69, 9.17) is 11.6 Å². The Hall–Kier alpha value is 0.0600. The fourth-order valence-electron chi connectivity index (χ4n) is 1.09. The zero-order valence-corrected chi connectivity index (χ0v) is 12.8. The second kappa shape index (κ2) is 6.71. The van der Waals surface area contributed by atoms with E-state index in [2.05, 4.69) is 34.8 Å². The van der Waals surface area contributed by atoms with Crippen molar-refractivity contribution in [2.45, 2.75) is 12.2 Å². The summed E-state index contributed by atoms with van der Waals surface area (Å²) in [5.74, 6) is -0.0622. The largest absolute Gasteiger partial charge is 0.351 e. The van der Waals surface area contributed by atoms with E-state index >= 15 is 0 Å². The van der Waals surface area contributed by atoms with Gasteiger partial charge in [0.2, 0.25) is 0 Å². The number of halogens is 2. The maximum atomic E-state index is 11.9. The molecule has 2 nitrogen and oxygen atoms in total. The molecule has 1 amide bonds. The summed E-state index contributed by atoms with van der Waals surface area (Å²) in [6.45, 7) is 2.75. The van der Waals surface area contributed by atoms with Crippen LogP contribution in [-0.2, 0) is 0 Å². The number of rotatable bonds is 4. The van der Waals surface area contributed by atoms with Crippen LogP contribution in [0.5, 0.6) is 0 Å². The molecule has 0 spiro atoms. The van der Waals surface area contributed by atoms with Crippen LogP contribution in [-0.4, -0.2) is 24.0 Å². The molecule has 0 heterocycles. The van der Waals surface area contributed by atoms with Gasteiger partial charge >= 0.3 is 0 Å². The average Bonchev–Trinajstić information content (AvgIpc) is 2.28. The van der Waals surface area contributed by atoms with Crippen molar-refractivity contribution < 1.29 is 4.79 Å². The summed E-state index contributed by atoms with van der Waals surface area (Å²) in [6.07, 6.45) is 2.03. The number of carbonyl (C=O) groups is 1. The molecule has 0 radical (unpaired) electrons. The molecule has 0 aliphatic heterocycles. The van der Waals surface area contributed by atoms with E-state index in [1.54, 1.807) is 23.9 Å². The molecule has 5 heteroatoms. The van der Waals surface area contributed by atoms with Gasteiger partial charge in [-0.15, -0.1) is 0 Å². The summed E-state index contributed by atoms with van der Waals surface area (Å²) in [5, 5.41) is 3.90. The van der Waals surface area contributed by atoms with Crippen LogP contribution >= 0.6 is 46.0 Å². The molecule has 0 bridgehead atoms. The van der Waals surface area contributed by atoms with Crippen LogP contribution in [0.25, 0.3) is 0 Å². The molecule has 0 fully saturated rings. The van der Waals surface area contributed by atoms with Crippen molar-refractivity contribution >= 4 is 51.9 Å². The number of hydrogen-bond donors (Lipinski definition) is 1. The minimum atomic E-state index is -0.0622. The molecule has 0 aromatic heterocycles. The Labute approximate surface area is 119 Å². The number of hydrogen-bond acceptors (Lipinski definition) is 2. The zero-order chi connectivity index (χ0) is 12.1. The third-order valence-electron chi connectivity index (χ3n) is 2.13. The molecular weight excluding hydrogens is 357 g/mol. The van der Waals surface area contributed by atoms with Crippen LogP contribution in [0.1, 0.15) is 17.3 Å². The first-order chi connectivity index (χ1) is 7.54. The van der Waals surface area contributed by atoms with Crippen molar-refractivity contribution in [1.29, 1.82) is 0 Å². The molecule has 0 saturated carbocycles. The highest BCUT2D eigenvalue weighted by molar-refractivity contribution is 14.1. The van der Waals surface area contributed by atoms with E-state index in [0.29, 0.717) is 22.4 Å². The molecule has 1 N–H and O–H groups in total. The maximum absolute atomic E-state index is 11.9. The third-order valence-corrected chi connectivity index (χ3v) is 4.27. The highest BCUT2D eigenvalue weighted by Gasteiger charge is 2.11. The average molecular weight is 370 g/mol. The van der Waals surface area contributed by atoms with Crippen LogP contribution in [0.3, 0.4) is 0 Å². The Balaban J connectivity index is 2.69. The lowest BCUT2D eigenvalue weighted by molar-refractivity contribution is 0.0953. The monoisotopic (exact) mass is 369 g/mol. The molecule has 0 aliphatic carbocycles. The van der Waals surface area contributed by atoms with Gasteiger partial charge in [0.25, 0.3) is 5.91 Å². The van der Waals surface area contributed by atoms with Crippen molar-refractivity contribution in [3.05, 3.63) is 32.4 Å². The molecule has 1 aromatic carbocycles. The van der Waals surface area contributed by atoms with Crippen molar-refractivity contribution in [2.75, 3.05) is 12.8 Å². The van der Waals surface area contributed by atoms with Gasteiger partial charge in [-0.2, -0.15) is 11.8 Å². The van der Waals surface area contributed by atoms with Gasteiger partial charge in [-0.05, 0) is 47.0 Å². The van der Waals surface area contributed by atoms with E-state index in [9.17, 15) is 4.79 Å². The Morgan fingerprint density at radius 1 is 1.62 bits per heavy atom. The van der Waals surface area contributed by atoms with Crippen LogP contribution in [0.15, 0.2) is 18.2 Å². The summed E-state index contributed by atoms with van der Waals surface area (Å²) >= 11 is 9.72. The molecule has 0 saturated heterocycles. The van der Waals surface area contributed by atoms with Gasteiger partial charge in [-0.1, -0.05) is 18.5 Å². The van der Waals surface area contributed by atoms with Crippen molar-refractivity contribution in [3.8, 4) is 0 Å². The maximum Gasteiger partial charge on any atom is 0.252 e. The van der Waals surface area contributed by atoms with E-state index in [1.807, 2.05) is 12.3 Å². The highest BCUT2D eigenvalue weighted by Crippen LogP contribution is 2.17. The normalized spacial score (nSPS) is 12.2. The van der Waals surface area contributed by atoms with Gasteiger partial charge in [0.05, 0.1) is 5.56 Å². The molecule has 1 aromatic rings. The number of thioether (sulfide) groups is 1. The molecule has 88 valence electrons. The Kier molecular flexibility index (Phi) is 5.92. The number of carbonyl (C=O) groups excluding carboxylic acids is 1. The van der Waals surface area contributed by atoms with Crippen LogP contribution in [0, 0.1) is 3.57 Å². The lowest BCUT2D eigenvalue weighted by Gasteiger charge is -2.10. The molecule has 1 rings (SSSR count). The SMILES string of the molecule is CSC(C)CNC(=O)c1cc(Cl)ccc1I. The quantitative estimate of drug-likeness (QED) is 0.824. The molecule has 1 atom stereocenters. The topological polar surface area (TPSA) is 29.1 Å². The van der Waals surface area contributed by atoms with Gasteiger partial charge in [-0.25, -0.2) is 0 Å². The summed E-state index contributed by atoms with van der Waals surface area (Å²) < 4.78 is 0.913. The van der Waals surface area contributed by atoms with E-state index < -0.39 is 0 Å². The Bertz CT molecular complexity index is 386. The number of amides is 1. The van der Waals surface area contributed by atoms with Gasteiger partial charge in [0.1, 0.15) is 0 Å². The predicted molar refractivity (Wildman–Crippen MR) is 79.5 cm³/mol. The number of nitrogens with one attached hydrogen (secondary N) is 1. The summed E-state index contributed by atoms with van der Waals surface area (Å²) in [4.78, 5) is 11.9. The van der Waals surface area contributed by atoms with E-state index in [-0.39, 0.29) is 5.91 Å². The molecule has 1 unspecified atom stereocenters. The predicted octanol–water partition coefficient (Wildman–Crippen LogP) is 3.43. The molecule has 16 heavy (non-hydrogen) atoms. The lowest BCUT2D eigenvalue weighted by atomic mass is 10.2. The second-order valence-corrected chi connectivity index (χ2v) is 6.26. The summed E-state index contributed by atoms with van der Waals surface area (Å²) in [6, 6.07) is 5.32. The first kappa shape index (κ1) is 14.1. The standard InChI is InChI=1S/C11H13ClINOS/c1-7(16-2)6-14-11(15)9-5-8(12)3-4-10(9)13/h3-5,7H,6H2,1-2H3,(H,14,15). The van der Waals surface area contributed by atoms with Crippen molar-refractivity contribution in [1.82, 2.24) is 5.32 Å². The fraction of sp³-hybridized carbons (Fsp3) is 0.364. The third kappa shape index (κ3) is 4.14. The highest BCUT2D eigenvalue weighted by atomic mass is 127. The van der Waals surface area contributed by atoms with Crippen molar-refractivity contribution in [3.63, 3.8) is 0 Å². The molecular formula is C11H13ClINOS. The van der Waals surface area contributed by atoms with Crippen LogP contribution in [0.4, 0.5) is 0 Å². The van der Waals surface area contributed by atoms with Crippen molar-refractivity contribution in [2.24, 2.45) is 0 Å². The van der Waals surface area contributed by atoms with E-state index in [0.717, 1.165) is 3.57 Å². The van der Waals surface area contributed by atoms with Gasteiger partial charge in [-0.3, -0.25) is 4.79 Å². The fourth-order valence-corrected chi connectivity index (χ4v) is 2.09. The number of benzene rings is 1. The lowest BCUT2D eigenvalue weighted by Crippen LogP contribution is -2.29. The van der Waals surface area contributed by atoms with Crippen LogP contribution in [0.2, 0.25) is 5.02 Å². The first-order valence-electron chi connectivity index (χ1n) is 4.80. The second-order valence-electron chi connectivity index (χ2n) is 3.38. The first-order valence-corrected chi connectivity index (χ1v) is 7.55. The molecule has 0 aliphatic rings. The Morgan fingerprint density at radius 3 is 2.94 bits per heavy atom. The zero-order valence-electron chi connectivity index (χ0n) is 9.09. The van der Waals surface area contributed by atoms with Gasteiger partial charge < -0.3 is 5.32 Å². The van der Waals surface area contributed by atoms with Gasteiger partial charge in [0, 0.05) is 20.4 Å². The minimum absolute atomic E-state index is 0.0622.